The highest BCUT2D eigenvalue weighted by Gasteiger charge is 2.06. The van der Waals surface area contributed by atoms with Gasteiger partial charge in [-0.1, -0.05) is 25.0 Å². The van der Waals surface area contributed by atoms with Gasteiger partial charge in [0, 0.05) is 19.3 Å². The van der Waals surface area contributed by atoms with Gasteiger partial charge in [0.05, 0.1) is 6.61 Å². The molecule has 1 aliphatic rings. The molecule has 0 fully saturated rings. The van der Waals surface area contributed by atoms with Crippen molar-refractivity contribution in [1.29, 1.82) is 0 Å². The molecule has 0 aromatic carbocycles. The SMILES string of the molecule is O=C1CCCCCC/C=C/CCOC(=O)CCC1. The Balaban J connectivity index is 2.29. The lowest BCUT2D eigenvalue weighted by atomic mass is 10.0. The van der Waals surface area contributed by atoms with Gasteiger partial charge in [0.15, 0.2) is 0 Å². The standard InChI is InChI=1S/C15H24O3/c16-14-10-7-5-3-1-2-4-6-8-13-18-15(17)12-9-11-14/h4,6H,1-3,5,7-13H2/b6-4+. The highest BCUT2D eigenvalue weighted by Crippen LogP contribution is 2.09. The summed E-state index contributed by atoms with van der Waals surface area (Å²) < 4.78 is 5.08. The zero-order chi connectivity index (χ0) is 13.1. The molecule has 0 aromatic rings. The van der Waals surface area contributed by atoms with Gasteiger partial charge in [0.1, 0.15) is 5.78 Å². The number of ketones is 1. The van der Waals surface area contributed by atoms with E-state index in [-0.39, 0.29) is 11.8 Å². The maximum Gasteiger partial charge on any atom is 0.305 e. The number of allylic oxidation sites excluding steroid dienone is 1. The highest BCUT2D eigenvalue weighted by atomic mass is 16.5. The molecule has 0 spiro atoms. The highest BCUT2D eigenvalue weighted by molar-refractivity contribution is 5.79. The van der Waals surface area contributed by atoms with Crippen molar-refractivity contribution in [3.8, 4) is 0 Å². The van der Waals surface area contributed by atoms with Crippen molar-refractivity contribution in [2.45, 2.75) is 64.2 Å². The fraction of sp³-hybridized carbons (Fsp3) is 0.733. The lowest BCUT2D eigenvalue weighted by molar-refractivity contribution is -0.143. The first kappa shape index (κ1) is 14.9. The second-order valence-corrected chi connectivity index (χ2v) is 4.83. The number of carbonyl (C=O) groups is 2. The van der Waals surface area contributed by atoms with Gasteiger partial charge in [-0.3, -0.25) is 9.59 Å². The van der Waals surface area contributed by atoms with Crippen molar-refractivity contribution in [3.05, 3.63) is 12.2 Å². The lowest BCUT2D eigenvalue weighted by Crippen LogP contribution is -2.07. The monoisotopic (exact) mass is 252 g/mol. The van der Waals surface area contributed by atoms with Gasteiger partial charge >= 0.3 is 5.97 Å². The maximum atomic E-state index is 11.5. The van der Waals surface area contributed by atoms with Crippen molar-refractivity contribution in [1.82, 2.24) is 0 Å². The molecule has 1 heterocycles. The third-order valence-electron chi connectivity index (χ3n) is 3.13. The molecule has 3 heteroatoms. The van der Waals surface area contributed by atoms with Crippen molar-refractivity contribution in [2.75, 3.05) is 6.61 Å². The minimum Gasteiger partial charge on any atom is -0.465 e. The Morgan fingerprint density at radius 3 is 2.39 bits per heavy atom. The average molecular weight is 252 g/mol. The Labute approximate surface area is 110 Å². The van der Waals surface area contributed by atoms with E-state index >= 15 is 0 Å². The molecule has 1 aliphatic heterocycles. The first-order valence-corrected chi connectivity index (χ1v) is 7.11. The minimum atomic E-state index is -0.178. The molecule has 0 amide bonds. The van der Waals surface area contributed by atoms with Crippen molar-refractivity contribution in [2.24, 2.45) is 0 Å². The van der Waals surface area contributed by atoms with E-state index in [0.717, 1.165) is 25.7 Å². The van der Waals surface area contributed by atoms with E-state index < -0.39 is 0 Å². The minimum absolute atomic E-state index is 0.178. The van der Waals surface area contributed by atoms with E-state index in [1.807, 2.05) is 0 Å². The number of Topliss-reactive ketones (excluding diaryl/α,β-unsaturated/α-hetero) is 1. The molecule has 0 radical (unpaired) electrons. The normalized spacial score (nSPS) is 23.3. The Hall–Kier alpha value is -1.12. The number of rotatable bonds is 0. The van der Waals surface area contributed by atoms with Gasteiger partial charge in [-0.05, 0) is 32.1 Å². The first-order valence-electron chi connectivity index (χ1n) is 7.11. The van der Waals surface area contributed by atoms with E-state index in [4.69, 9.17) is 4.74 Å². The van der Waals surface area contributed by atoms with Crippen LogP contribution in [0.15, 0.2) is 12.2 Å². The fourth-order valence-corrected chi connectivity index (χ4v) is 2.04. The largest absolute Gasteiger partial charge is 0.465 e. The number of hydrogen-bond acceptors (Lipinski definition) is 3. The van der Waals surface area contributed by atoms with Gasteiger partial charge in [-0.2, -0.15) is 0 Å². The Bertz CT molecular complexity index is 281. The van der Waals surface area contributed by atoms with Crippen molar-refractivity contribution < 1.29 is 14.3 Å². The van der Waals surface area contributed by atoms with Crippen LogP contribution >= 0.6 is 0 Å². The second kappa shape index (κ2) is 9.86. The number of esters is 1. The Morgan fingerprint density at radius 2 is 1.50 bits per heavy atom. The number of ether oxygens (including phenoxy) is 1. The molecule has 0 aromatic heterocycles. The Morgan fingerprint density at radius 1 is 0.778 bits per heavy atom. The van der Waals surface area contributed by atoms with Crippen LogP contribution in [-0.4, -0.2) is 18.4 Å². The molecule has 0 unspecified atom stereocenters. The van der Waals surface area contributed by atoms with Gasteiger partial charge in [0.25, 0.3) is 0 Å². The molecule has 0 atom stereocenters. The summed E-state index contributed by atoms with van der Waals surface area (Å²) in [7, 11) is 0. The van der Waals surface area contributed by atoms with Crippen LogP contribution in [0.3, 0.4) is 0 Å². The third kappa shape index (κ3) is 8.04. The van der Waals surface area contributed by atoms with Crippen LogP contribution in [0.2, 0.25) is 0 Å². The smallest absolute Gasteiger partial charge is 0.305 e. The van der Waals surface area contributed by atoms with E-state index in [2.05, 4.69) is 12.2 Å². The van der Waals surface area contributed by atoms with E-state index in [9.17, 15) is 9.59 Å². The molecule has 1 rings (SSSR count). The van der Waals surface area contributed by atoms with E-state index in [1.54, 1.807) is 0 Å². The molecular formula is C15H24O3. The van der Waals surface area contributed by atoms with Gasteiger partial charge in [-0.15, -0.1) is 0 Å². The van der Waals surface area contributed by atoms with Crippen molar-refractivity contribution >= 4 is 11.8 Å². The van der Waals surface area contributed by atoms with Gasteiger partial charge in [-0.25, -0.2) is 0 Å². The summed E-state index contributed by atoms with van der Waals surface area (Å²) >= 11 is 0. The topological polar surface area (TPSA) is 43.4 Å². The summed E-state index contributed by atoms with van der Waals surface area (Å²) in [5.74, 6) is 0.109. The average Bonchev–Trinajstić information content (AvgIpc) is 2.34. The molecule has 0 aliphatic carbocycles. The van der Waals surface area contributed by atoms with Crippen LogP contribution in [0.1, 0.15) is 64.2 Å². The van der Waals surface area contributed by atoms with Crippen LogP contribution in [0.4, 0.5) is 0 Å². The van der Waals surface area contributed by atoms with Gasteiger partial charge in [0.2, 0.25) is 0 Å². The second-order valence-electron chi connectivity index (χ2n) is 4.83. The number of carbonyl (C=O) groups excluding carboxylic acids is 2. The number of cyclic esters (lactones) is 1. The summed E-state index contributed by atoms with van der Waals surface area (Å²) in [5.41, 5.74) is 0. The van der Waals surface area contributed by atoms with Crippen LogP contribution in [0.5, 0.6) is 0 Å². The van der Waals surface area contributed by atoms with Crippen LogP contribution in [0.25, 0.3) is 0 Å². The summed E-state index contributed by atoms with van der Waals surface area (Å²) in [4.78, 5) is 22.8. The van der Waals surface area contributed by atoms with Crippen LogP contribution in [0, 0.1) is 0 Å². The number of hydrogen-bond donors (Lipinski definition) is 0. The summed E-state index contributed by atoms with van der Waals surface area (Å²) in [6.07, 6.45) is 12.8. The summed E-state index contributed by atoms with van der Waals surface area (Å²) in [5, 5.41) is 0. The predicted molar refractivity (Wildman–Crippen MR) is 71.3 cm³/mol. The zero-order valence-electron chi connectivity index (χ0n) is 11.2. The van der Waals surface area contributed by atoms with E-state index in [1.165, 1.54) is 12.8 Å². The van der Waals surface area contributed by atoms with Crippen LogP contribution in [-0.2, 0) is 14.3 Å². The van der Waals surface area contributed by atoms with Crippen molar-refractivity contribution in [3.63, 3.8) is 0 Å². The van der Waals surface area contributed by atoms with E-state index in [0.29, 0.717) is 32.3 Å². The quantitative estimate of drug-likeness (QED) is 0.489. The summed E-state index contributed by atoms with van der Waals surface area (Å²) in [6, 6.07) is 0. The maximum absolute atomic E-state index is 11.5. The molecule has 3 nitrogen and oxygen atoms in total. The zero-order valence-corrected chi connectivity index (χ0v) is 11.2. The molecule has 0 bridgehead atoms. The lowest BCUT2D eigenvalue weighted by Gasteiger charge is -2.04. The molecule has 0 saturated carbocycles. The Kier molecular flexibility index (Phi) is 8.19. The van der Waals surface area contributed by atoms with Gasteiger partial charge < -0.3 is 4.74 Å². The predicted octanol–water partition coefficient (Wildman–Crippen LogP) is 3.57. The fourth-order valence-electron chi connectivity index (χ4n) is 2.04. The first-order chi connectivity index (χ1) is 8.79. The third-order valence-corrected chi connectivity index (χ3v) is 3.13. The molecule has 0 N–H and O–H groups in total. The summed E-state index contributed by atoms with van der Waals surface area (Å²) in [6.45, 7) is 0.462. The molecule has 18 heavy (non-hydrogen) atoms. The molecule has 102 valence electrons. The molecule has 0 saturated heterocycles. The van der Waals surface area contributed by atoms with Crippen LogP contribution < -0.4 is 0 Å². The molecular weight excluding hydrogens is 228 g/mol.